The molecule has 0 saturated carbocycles. The van der Waals surface area contributed by atoms with E-state index in [1.54, 1.807) is 6.07 Å². The normalized spacial score (nSPS) is 18.6. The van der Waals surface area contributed by atoms with Gasteiger partial charge in [0.25, 0.3) is 5.91 Å². The first kappa shape index (κ1) is 13.1. The first-order valence-corrected chi connectivity index (χ1v) is 6.82. The van der Waals surface area contributed by atoms with Crippen LogP contribution in [0.25, 0.3) is 0 Å². The summed E-state index contributed by atoms with van der Waals surface area (Å²) < 4.78 is 0.791. The van der Waals surface area contributed by atoms with Gasteiger partial charge in [-0.15, -0.1) is 0 Å². The number of nitrogens with one attached hydrogen (secondary N) is 1. The van der Waals surface area contributed by atoms with Crippen molar-refractivity contribution in [3.8, 4) is 0 Å². The molecule has 1 aromatic carbocycles. The highest BCUT2D eigenvalue weighted by atomic mass is 79.9. The summed E-state index contributed by atoms with van der Waals surface area (Å²) in [6.45, 7) is 0. The molecule has 0 aliphatic carbocycles. The van der Waals surface area contributed by atoms with Crippen LogP contribution in [0.2, 0.25) is 0 Å². The van der Waals surface area contributed by atoms with E-state index >= 15 is 0 Å². The molecule has 1 aliphatic rings. The molecule has 3 N–H and O–H groups in total. The number of hydrogen-bond acceptors (Lipinski definition) is 4. The molecule has 2 rings (SSSR count). The minimum atomic E-state index is -0.507. The van der Waals surface area contributed by atoms with E-state index in [0.717, 1.165) is 16.2 Å². The van der Waals surface area contributed by atoms with Crippen molar-refractivity contribution >= 4 is 50.4 Å². The van der Waals surface area contributed by atoms with Gasteiger partial charge in [0.15, 0.2) is 5.17 Å². The molecule has 1 heterocycles. The van der Waals surface area contributed by atoms with Crippen molar-refractivity contribution in [3.05, 3.63) is 28.7 Å². The van der Waals surface area contributed by atoms with E-state index < -0.39 is 5.25 Å². The summed E-state index contributed by atoms with van der Waals surface area (Å²) in [6.07, 6.45) is 0.0645. The molecule has 1 aromatic rings. The number of rotatable bonds is 3. The molecule has 94 valence electrons. The van der Waals surface area contributed by atoms with Crippen molar-refractivity contribution in [2.24, 2.45) is 10.7 Å². The van der Waals surface area contributed by atoms with Crippen LogP contribution in [0.5, 0.6) is 0 Å². The quantitative estimate of drug-likeness (QED) is 0.885. The number of halogens is 1. The van der Waals surface area contributed by atoms with Crippen LogP contribution in [-0.4, -0.2) is 22.2 Å². The molecule has 18 heavy (non-hydrogen) atoms. The number of amidine groups is 1. The van der Waals surface area contributed by atoms with Gasteiger partial charge in [0.1, 0.15) is 5.25 Å². The van der Waals surface area contributed by atoms with Gasteiger partial charge in [-0.3, -0.25) is 9.59 Å². The number of nitrogens with two attached hydrogens (primary N) is 1. The highest BCUT2D eigenvalue weighted by molar-refractivity contribution is 9.10. The van der Waals surface area contributed by atoms with Crippen LogP contribution in [0.3, 0.4) is 0 Å². The Morgan fingerprint density at radius 2 is 2.22 bits per heavy atom. The molecule has 0 spiro atoms. The van der Waals surface area contributed by atoms with E-state index in [4.69, 9.17) is 5.73 Å². The summed E-state index contributed by atoms with van der Waals surface area (Å²) >= 11 is 4.45. The zero-order valence-corrected chi connectivity index (χ0v) is 11.6. The molecule has 1 atom stereocenters. The van der Waals surface area contributed by atoms with Gasteiger partial charge in [-0.1, -0.05) is 23.9 Å². The molecule has 0 radical (unpaired) electrons. The number of para-hydroxylation sites is 1. The van der Waals surface area contributed by atoms with Crippen LogP contribution in [0, 0.1) is 0 Å². The van der Waals surface area contributed by atoms with E-state index in [2.05, 4.69) is 26.2 Å². The van der Waals surface area contributed by atoms with Crippen molar-refractivity contribution < 1.29 is 9.59 Å². The fraction of sp³-hybridized carbons (Fsp3) is 0.182. The lowest BCUT2D eigenvalue weighted by molar-refractivity contribution is -0.121. The van der Waals surface area contributed by atoms with E-state index in [-0.39, 0.29) is 23.4 Å². The average Bonchev–Trinajstić information content (AvgIpc) is 2.61. The largest absolute Gasteiger partial charge is 0.378 e. The van der Waals surface area contributed by atoms with Gasteiger partial charge in [0.2, 0.25) is 5.91 Å². The lowest BCUT2D eigenvalue weighted by Crippen LogP contribution is -2.21. The lowest BCUT2D eigenvalue weighted by atomic mass is 10.2. The molecule has 0 fully saturated rings. The molecule has 0 unspecified atom stereocenters. The Kier molecular flexibility index (Phi) is 4.03. The van der Waals surface area contributed by atoms with Crippen LogP contribution in [-0.2, 0) is 9.59 Å². The topological polar surface area (TPSA) is 84.5 Å². The number of amides is 2. The van der Waals surface area contributed by atoms with Crippen molar-refractivity contribution in [3.63, 3.8) is 0 Å². The summed E-state index contributed by atoms with van der Waals surface area (Å²) in [5, 5.41) is 2.44. The maximum absolute atomic E-state index is 11.8. The molecule has 2 amide bonds. The second-order valence-electron chi connectivity index (χ2n) is 3.63. The van der Waals surface area contributed by atoms with Gasteiger partial charge in [-0.2, -0.15) is 4.99 Å². The zero-order valence-electron chi connectivity index (χ0n) is 9.22. The second kappa shape index (κ2) is 5.53. The maximum Gasteiger partial charge on any atom is 0.262 e. The number of carbonyl (C=O) groups excluding carboxylic acids is 2. The maximum atomic E-state index is 11.8. The predicted molar refractivity (Wildman–Crippen MR) is 75.4 cm³/mol. The van der Waals surface area contributed by atoms with Crippen LogP contribution < -0.4 is 11.1 Å². The van der Waals surface area contributed by atoms with E-state index in [9.17, 15) is 9.59 Å². The number of carbonyl (C=O) groups is 2. The van der Waals surface area contributed by atoms with Crippen molar-refractivity contribution in [1.82, 2.24) is 0 Å². The Labute approximate surface area is 116 Å². The van der Waals surface area contributed by atoms with Crippen molar-refractivity contribution in [2.45, 2.75) is 11.7 Å². The molecule has 7 heteroatoms. The highest BCUT2D eigenvalue weighted by Gasteiger charge is 2.29. The molecule has 0 aromatic heterocycles. The van der Waals surface area contributed by atoms with Crippen LogP contribution in [0.1, 0.15) is 6.42 Å². The molecular weight excluding hydrogens is 318 g/mol. The summed E-state index contributed by atoms with van der Waals surface area (Å²) in [5.41, 5.74) is 6.09. The van der Waals surface area contributed by atoms with Gasteiger partial charge in [-0.05, 0) is 28.1 Å². The van der Waals surface area contributed by atoms with E-state index in [0.29, 0.717) is 5.69 Å². The first-order chi connectivity index (χ1) is 8.56. The second-order valence-corrected chi connectivity index (χ2v) is 5.70. The van der Waals surface area contributed by atoms with Crippen LogP contribution in [0.15, 0.2) is 33.7 Å². The third kappa shape index (κ3) is 3.11. The fourth-order valence-electron chi connectivity index (χ4n) is 1.46. The Bertz CT molecular complexity index is 533. The summed E-state index contributed by atoms with van der Waals surface area (Å²) in [6, 6.07) is 7.27. The third-order valence-electron chi connectivity index (χ3n) is 2.28. The Hall–Kier alpha value is -1.34. The minimum absolute atomic E-state index is 0.0645. The monoisotopic (exact) mass is 327 g/mol. The zero-order chi connectivity index (χ0) is 13.1. The fourth-order valence-corrected chi connectivity index (χ4v) is 2.67. The van der Waals surface area contributed by atoms with Gasteiger partial charge in [0, 0.05) is 10.9 Å². The molecule has 5 nitrogen and oxygen atoms in total. The molecular formula is C11H10BrN3O2S. The average molecular weight is 328 g/mol. The van der Waals surface area contributed by atoms with E-state index in [1.807, 2.05) is 18.2 Å². The van der Waals surface area contributed by atoms with Crippen molar-refractivity contribution in [2.75, 3.05) is 5.32 Å². The Morgan fingerprint density at radius 1 is 1.50 bits per heavy atom. The number of benzene rings is 1. The smallest absolute Gasteiger partial charge is 0.262 e. The summed E-state index contributed by atoms with van der Waals surface area (Å²) in [4.78, 5) is 26.7. The van der Waals surface area contributed by atoms with Gasteiger partial charge < -0.3 is 11.1 Å². The Morgan fingerprint density at radius 3 is 2.83 bits per heavy atom. The van der Waals surface area contributed by atoms with Gasteiger partial charge in [0.05, 0.1) is 5.69 Å². The summed E-state index contributed by atoms with van der Waals surface area (Å²) in [5.74, 6) is -0.586. The van der Waals surface area contributed by atoms with Crippen molar-refractivity contribution in [1.29, 1.82) is 0 Å². The standard InChI is InChI=1S/C11H10BrN3O2S/c12-6-3-1-2-4-7(6)14-9(16)5-8-10(17)15-11(13)18-8/h1-4,8H,5H2,(H,14,16)(H2,13,15,17)/t8-/m1/s1. The Balaban J connectivity index is 1.94. The molecule has 0 saturated heterocycles. The number of aliphatic imine (C=N–C) groups is 1. The van der Waals surface area contributed by atoms with Gasteiger partial charge >= 0.3 is 0 Å². The predicted octanol–water partition coefficient (Wildman–Crippen LogP) is 1.73. The highest BCUT2D eigenvalue weighted by Crippen LogP contribution is 2.25. The number of anilines is 1. The van der Waals surface area contributed by atoms with E-state index in [1.165, 1.54) is 0 Å². The SMILES string of the molecule is NC1=NC(=O)[C@@H](CC(=O)Nc2ccccc2Br)S1. The van der Waals surface area contributed by atoms with Gasteiger partial charge in [-0.25, -0.2) is 0 Å². The molecule has 1 aliphatic heterocycles. The first-order valence-electron chi connectivity index (χ1n) is 5.15. The summed E-state index contributed by atoms with van der Waals surface area (Å²) in [7, 11) is 0. The van der Waals surface area contributed by atoms with Crippen LogP contribution >= 0.6 is 27.7 Å². The number of thioether (sulfide) groups is 1. The number of hydrogen-bond donors (Lipinski definition) is 2. The molecule has 0 bridgehead atoms. The number of nitrogens with zero attached hydrogens (tertiary/aromatic N) is 1. The minimum Gasteiger partial charge on any atom is -0.378 e. The third-order valence-corrected chi connectivity index (χ3v) is 3.95. The lowest BCUT2D eigenvalue weighted by Gasteiger charge is -2.09. The van der Waals surface area contributed by atoms with Crippen LogP contribution in [0.4, 0.5) is 5.69 Å².